The van der Waals surface area contributed by atoms with Crippen LogP contribution in [-0.4, -0.2) is 41.3 Å². The van der Waals surface area contributed by atoms with Crippen molar-refractivity contribution in [1.29, 1.82) is 0 Å². The molecular formula is C30H31F4N3O3. The van der Waals surface area contributed by atoms with Crippen LogP contribution in [0, 0.1) is 11.7 Å². The number of carbonyl (C=O) groups is 1. The van der Waals surface area contributed by atoms with Crippen molar-refractivity contribution < 1.29 is 31.8 Å². The molecule has 0 saturated carbocycles. The van der Waals surface area contributed by atoms with Crippen molar-refractivity contribution in [3.05, 3.63) is 89.0 Å². The number of fused-ring (bicyclic) bond motifs is 1. The van der Waals surface area contributed by atoms with Crippen LogP contribution in [-0.2, 0) is 18.4 Å². The number of benzene rings is 2. The molecule has 3 aromatic rings. The van der Waals surface area contributed by atoms with Crippen LogP contribution >= 0.6 is 0 Å². The van der Waals surface area contributed by atoms with Crippen molar-refractivity contribution in [2.24, 2.45) is 11.7 Å². The average molecular weight is 558 g/mol. The minimum absolute atomic E-state index is 0.0110. The summed E-state index contributed by atoms with van der Waals surface area (Å²) in [4.78, 5) is 18.3. The Labute approximate surface area is 230 Å². The van der Waals surface area contributed by atoms with Gasteiger partial charge in [-0.15, -0.1) is 13.2 Å². The van der Waals surface area contributed by atoms with E-state index in [4.69, 9.17) is 10.5 Å². The zero-order valence-corrected chi connectivity index (χ0v) is 22.1. The van der Waals surface area contributed by atoms with Crippen LogP contribution in [0.15, 0.2) is 60.9 Å². The van der Waals surface area contributed by atoms with Crippen molar-refractivity contribution in [3.63, 3.8) is 0 Å². The highest BCUT2D eigenvalue weighted by molar-refractivity contribution is 5.94. The van der Waals surface area contributed by atoms with Crippen molar-refractivity contribution >= 4 is 5.91 Å². The Morgan fingerprint density at radius 3 is 2.55 bits per heavy atom. The summed E-state index contributed by atoms with van der Waals surface area (Å²) in [5.41, 5.74) is 7.09. The fourth-order valence-electron chi connectivity index (χ4n) is 6.08. The van der Waals surface area contributed by atoms with Gasteiger partial charge in [0.25, 0.3) is 0 Å². The number of aromatic nitrogens is 1. The number of hydrogen-bond donors (Lipinski definition) is 1. The van der Waals surface area contributed by atoms with E-state index in [0.29, 0.717) is 35.3 Å². The number of ether oxygens (including phenoxy) is 2. The van der Waals surface area contributed by atoms with Gasteiger partial charge in [-0.1, -0.05) is 18.2 Å². The van der Waals surface area contributed by atoms with Crippen molar-refractivity contribution in [2.75, 3.05) is 13.1 Å². The number of piperidine rings is 1. The maximum absolute atomic E-state index is 14.8. The van der Waals surface area contributed by atoms with Gasteiger partial charge >= 0.3 is 6.36 Å². The minimum Gasteiger partial charge on any atom is -0.482 e. The van der Waals surface area contributed by atoms with Crippen molar-refractivity contribution in [2.45, 2.75) is 57.0 Å². The molecule has 2 atom stereocenters. The Morgan fingerprint density at radius 1 is 1.18 bits per heavy atom. The molecule has 1 fully saturated rings. The van der Waals surface area contributed by atoms with Crippen LogP contribution in [0.5, 0.6) is 11.5 Å². The smallest absolute Gasteiger partial charge is 0.482 e. The summed E-state index contributed by atoms with van der Waals surface area (Å²) >= 11 is 0. The zero-order valence-electron chi connectivity index (χ0n) is 22.1. The molecule has 1 amide bonds. The van der Waals surface area contributed by atoms with Gasteiger partial charge in [-0.3, -0.25) is 9.78 Å². The number of alkyl halides is 3. The van der Waals surface area contributed by atoms with Gasteiger partial charge in [0.1, 0.15) is 22.9 Å². The minimum atomic E-state index is -4.79. The number of amides is 1. The van der Waals surface area contributed by atoms with Crippen LogP contribution in [0.2, 0.25) is 0 Å². The zero-order chi connectivity index (χ0) is 28.5. The van der Waals surface area contributed by atoms with Gasteiger partial charge in [0, 0.05) is 41.9 Å². The molecule has 10 heteroatoms. The van der Waals surface area contributed by atoms with E-state index in [0.717, 1.165) is 37.9 Å². The number of likely N-dealkylation sites (tertiary alicyclic amines) is 1. The molecule has 2 aromatic carbocycles. The molecule has 0 radical (unpaired) electrons. The highest BCUT2D eigenvalue weighted by Gasteiger charge is 2.49. The highest BCUT2D eigenvalue weighted by atomic mass is 19.4. The Morgan fingerprint density at radius 2 is 1.90 bits per heavy atom. The predicted molar refractivity (Wildman–Crippen MR) is 140 cm³/mol. The van der Waals surface area contributed by atoms with E-state index in [1.54, 1.807) is 42.7 Å². The lowest BCUT2D eigenvalue weighted by molar-refractivity contribution is -0.274. The Bertz CT molecular complexity index is 1360. The number of carbonyl (C=O) groups excluding carboxylic acids is 1. The van der Waals surface area contributed by atoms with E-state index in [-0.39, 0.29) is 23.5 Å². The maximum Gasteiger partial charge on any atom is 0.573 e. The summed E-state index contributed by atoms with van der Waals surface area (Å²) in [5.74, 6) is -0.661. The van der Waals surface area contributed by atoms with Gasteiger partial charge in [0.15, 0.2) is 0 Å². The SMILES string of the molecule is CC(CCc1cnccc1C(N)=O)N1CCC(C2(c3ccc(OC(F)(F)F)cc3)Cc3c(F)cccc3O2)CC1. The number of rotatable bonds is 8. The fraction of sp³-hybridized carbons (Fsp3) is 0.400. The van der Waals surface area contributed by atoms with Gasteiger partial charge in [0.2, 0.25) is 5.91 Å². The predicted octanol–water partition coefficient (Wildman–Crippen LogP) is 5.78. The highest BCUT2D eigenvalue weighted by Crippen LogP contribution is 2.50. The second kappa shape index (κ2) is 11.1. The third-order valence-corrected chi connectivity index (χ3v) is 8.20. The van der Waals surface area contributed by atoms with E-state index in [2.05, 4.69) is 21.5 Å². The largest absolute Gasteiger partial charge is 0.573 e. The molecule has 2 N–H and O–H groups in total. The van der Waals surface area contributed by atoms with Gasteiger partial charge in [0.05, 0.1) is 0 Å². The molecule has 2 aliphatic heterocycles. The van der Waals surface area contributed by atoms with E-state index in [9.17, 15) is 22.4 Å². The Kier molecular flexibility index (Phi) is 7.72. The molecule has 40 heavy (non-hydrogen) atoms. The first-order valence-corrected chi connectivity index (χ1v) is 13.3. The molecule has 0 aliphatic carbocycles. The summed E-state index contributed by atoms with van der Waals surface area (Å²) < 4.78 is 63.5. The monoisotopic (exact) mass is 557 g/mol. The molecule has 0 bridgehead atoms. The second-order valence-electron chi connectivity index (χ2n) is 10.6. The Balaban J connectivity index is 1.31. The first kappa shape index (κ1) is 27.9. The molecule has 1 aromatic heterocycles. The third kappa shape index (κ3) is 5.77. The Hall–Kier alpha value is -3.66. The van der Waals surface area contributed by atoms with E-state index in [1.165, 1.54) is 18.2 Å². The van der Waals surface area contributed by atoms with Crippen LogP contribution in [0.3, 0.4) is 0 Å². The first-order valence-electron chi connectivity index (χ1n) is 13.3. The summed E-state index contributed by atoms with van der Waals surface area (Å²) in [6.07, 6.45) is 1.76. The molecule has 2 unspecified atom stereocenters. The van der Waals surface area contributed by atoms with Crippen molar-refractivity contribution in [3.8, 4) is 11.5 Å². The topological polar surface area (TPSA) is 77.7 Å². The van der Waals surface area contributed by atoms with Crippen LogP contribution in [0.1, 0.15) is 53.2 Å². The van der Waals surface area contributed by atoms with E-state index >= 15 is 0 Å². The second-order valence-corrected chi connectivity index (χ2v) is 10.6. The molecular weight excluding hydrogens is 526 g/mol. The standard InChI is InChI=1S/C30H31F4N3O3/c1-19(5-6-20-18-36-14-11-24(20)28(35)38)37-15-12-22(13-16-37)29(17-25-26(31)3-2-4-27(25)40-29)21-7-9-23(10-8-21)39-30(32,33)34/h2-4,7-11,14,18-19,22H,5-6,12-13,15-17H2,1H3,(H2,35,38). The van der Waals surface area contributed by atoms with E-state index < -0.39 is 17.9 Å². The number of pyridine rings is 1. The summed E-state index contributed by atoms with van der Waals surface area (Å²) in [5, 5.41) is 0. The normalized spacial score (nSPS) is 20.5. The van der Waals surface area contributed by atoms with E-state index in [1.807, 2.05) is 0 Å². The number of halogens is 4. The first-order chi connectivity index (χ1) is 19.1. The lowest BCUT2D eigenvalue weighted by Gasteiger charge is -2.44. The molecule has 2 aliphatic rings. The molecule has 212 valence electrons. The summed E-state index contributed by atoms with van der Waals surface area (Å²) in [7, 11) is 0. The third-order valence-electron chi connectivity index (χ3n) is 8.20. The number of nitrogens with zero attached hydrogens (tertiary/aromatic N) is 2. The molecule has 1 saturated heterocycles. The lowest BCUT2D eigenvalue weighted by Crippen LogP contribution is -2.48. The quantitative estimate of drug-likeness (QED) is 0.355. The molecule has 0 spiro atoms. The molecule has 5 rings (SSSR count). The van der Waals surface area contributed by atoms with Crippen LogP contribution < -0.4 is 15.2 Å². The number of hydrogen-bond acceptors (Lipinski definition) is 5. The number of primary amides is 1. The van der Waals surface area contributed by atoms with Gasteiger partial charge in [-0.05, 0) is 87.2 Å². The molecule has 3 heterocycles. The van der Waals surface area contributed by atoms with Crippen LogP contribution in [0.4, 0.5) is 17.6 Å². The molecule has 6 nitrogen and oxygen atoms in total. The summed E-state index contributed by atoms with van der Waals surface area (Å²) in [6, 6.07) is 12.3. The van der Waals surface area contributed by atoms with Gasteiger partial charge in [-0.25, -0.2) is 4.39 Å². The maximum atomic E-state index is 14.8. The van der Waals surface area contributed by atoms with Gasteiger partial charge < -0.3 is 20.1 Å². The van der Waals surface area contributed by atoms with Crippen LogP contribution in [0.25, 0.3) is 0 Å². The average Bonchev–Trinajstić information content (AvgIpc) is 3.34. The summed E-state index contributed by atoms with van der Waals surface area (Å²) in [6.45, 7) is 3.70. The fourth-order valence-corrected chi connectivity index (χ4v) is 6.08. The number of aryl methyl sites for hydroxylation is 1. The number of nitrogens with two attached hydrogens (primary N) is 1. The van der Waals surface area contributed by atoms with Crippen molar-refractivity contribution in [1.82, 2.24) is 9.88 Å². The lowest BCUT2D eigenvalue weighted by atomic mass is 9.73. The van der Waals surface area contributed by atoms with Gasteiger partial charge in [-0.2, -0.15) is 0 Å².